The van der Waals surface area contributed by atoms with Crippen molar-refractivity contribution < 1.29 is 14.3 Å². The van der Waals surface area contributed by atoms with E-state index < -0.39 is 11.8 Å². The van der Waals surface area contributed by atoms with Gasteiger partial charge in [0.1, 0.15) is 5.82 Å². The quantitative estimate of drug-likeness (QED) is 0.797. The molecule has 0 aliphatic carbocycles. The molecular weight excluding hydrogens is 197 g/mol. The number of aromatic carboxylic acids is 1. The maximum Gasteiger partial charge on any atom is 0.338 e. The molecule has 0 unspecified atom stereocenters. The summed E-state index contributed by atoms with van der Waals surface area (Å²) in [6.45, 7) is 2.07. The molecule has 0 saturated carbocycles. The van der Waals surface area contributed by atoms with Crippen molar-refractivity contribution in [3.63, 3.8) is 0 Å². The minimum absolute atomic E-state index is 0.322. The van der Waals surface area contributed by atoms with Crippen molar-refractivity contribution in [3.05, 3.63) is 40.7 Å². The molecule has 80 valence electrons. The topological polar surface area (TPSA) is 63.3 Å². The summed E-state index contributed by atoms with van der Waals surface area (Å²) >= 11 is 0. The summed E-state index contributed by atoms with van der Waals surface area (Å²) in [6.07, 6.45) is 3.37. The van der Waals surface area contributed by atoms with Gasteiger partial charge in [-0.2, -0.15) is 0 Å². The molecule has 0 aliphatic rings. The molecule has 0 amide bonds. The lowest BCUT2D eigenvalue weighted by molar-refractivity contribution is 0.0692. The summed E-state index contributed by atoms with van der Waals surface area (Å²) < 4.78 is 13.2. The van der Waals surface area contributed by atoms with Gasteiger partial charge in [0.2, 0.25) is 0 Å². The summed E-state index contributed by atoms with van der Waals surface area (Å²) in [4.78, 5) is 10.7. The molecule has 1 rings (SSSR count). The van der Waals surface area contributed by atoms with E-state index in [1.165, 1.54) is 12.1 Å². The molecule has 0 fully saturated rings. The van der Waals surface area contributed by atoms with Crippen LogP contribution in [0.25, 0.3) is 6.08 Å². The van der Waals surface area contributed by atoms with E-state index in [1.54, 1.807) is 19.1 Å². The van der Waals surface area contributed by atoms with Gasteiger partial charge >= 0.3 is 5.97 Å². The molecule has 0 radical (unpaired) electrons. The number of hydrogen-bond acceptors (Lipinski definition) is 2. The predicted octanol–water partition coefficient (Wildman–Crippen LogP) is 1.80. The van der Waals surface area contributed by atoms with Crippen molar-refractivity contribution in [2.24, 2.45) is 5.73 Å². The lowest BCUT2D eigenvalue weighted by Gasteiger charge is -2.03. The Balaban J connectivity index is 3.23. The van der Waals surface area contributed by atoms with Crippen LogP contribution in [0.1, 0.15) is 21.5 Å². The van der Waals surface area contributed by atoms with E-state index in [0.717, 1.165) is 0 Å². The molecule has 1 aromatic rings. The zero-order valence-corrected chi connectivity index (χ0v) is 8.33. The van der Waals surface area contributed by atoms with Crippen LogP contribution in [-0.2, 0) is 0 Å². The van der Waals surface area contributed by atoms with Crippen LogP contribution < -0.4 is 5.73 Å². The summed E-state index contributed by atoms with van der Waals surface area (Å²) in [6, 6.07) is 2.51. The number of nitrogens with two attached hydrogens (primary N) is 1. The third-order valence-corrected chi connectivity index (χ3v) is 2.02. The van der Waals surface area contributed by atoms with Gasteiger partial charge in [-0.3, -0.25) is 0 Å². The van der Waals surface area contributed by atoms with E-state index in [1.807, 2.05) is 0 Å². The Kier molecular flexibility index (Phi) is 3.57. The maximum absolute atomic E-state index is 13.2. The Hall–Kier alpha value is -1.68. The Morgan fingerprint density at radius 1 is 1.60 bits per heavy atom. The van der Waals surface area contributed by atoms with Crippen LogP contribution in [-0.4, -0.2) is 17.6 Å². The highest BCUT2D eigenvalue weighted by Crippen LogP contribution is 2.16. The number of rotatable bonds is 3. The normalized spacial score (nSPS) is 10.9. The first-order valence-electron chi connectivity index (χ1n) is 4.46. The second kappa shape index (κ2) is 4.70. The zero-order chi connectivity index (χ0) is 11.4. The second-order valence-corrected chi connectivity index (χ2v) is 3.13. The largest absolute Gasteiger partial charge is 0.478 e. The Morgan fingerprint density at radius 3 is 2.80 bits per heavy atom. The molecule has 0 heterocycles. The minimum Gasteiger partial charge on any atom is -0.478 e. The molecule has 0 atom stereocenters. The smallest absolute Gasteiger partial charge is 0.338 e. The molecule has 4 heteroatoms. The van der Waals surface area contributed by atoms with E-state index in [0.29, 0.717) is 17.7 Å². The maximum atomic E-state index is 13.2. The van der Waals surface area contributed by atoms with E-state index >= 15 is 0 Å². The van der Waals surface area contributed by atoms with Crippen molar-refractivity contribution in [2.75, 3.05) is 6.54 Å². The highest BCUT2D eigenvalue weighted by atomic mass is 19.1. The third-order valence-electron chi connectivity index (χ3n) is 2.02. The SMILES string of the molecule is Cc1cc(F)c(C(=O)O)cc1/C=C/CN. The van der Waals surface area contributed by atoms with Gasteiger partial charge in [0.15, 0.2) is 0 Å². The van der Waals surface area contributed by atoms with Gasteiger partial charge in [-0.25, -0.2) is 9.18 Å². The second-order valence-electron chi connectivity index (χ2n) is 3.13. The van der Waals surface area contributed by atoms with E-state index in [2.05, 4.69) is 0 Å². The molecule has 0 spiro atoms. The number of benzene rings is 1. The minimum atomic E-state index is -1.27. The number of carboxylic acids is 1. The van der Waals surface area contributed by atoms with Crippen LogP contribution in [0.15, 0.2) is 18.2 Å². The van der Waals surface area contributed by atoms with Crippen LogP contribution in [0.4, 0.5) is 4.39 Å². The average Bonchev–Trinajstić information content (AvgIpc) is 2.16. The standard InChI is InChI=1S/C11H12FNO2/c1-7-5-10(12)9(11(14)15)6-8(7)3-2-4-13/h2-3,5-6H,4,13H2,1H3,(H,14,15)/b3-2+. The highest BCUT2D eigenvalue weighted by Gasteiger charge is 2.11. The van der Waals surface area contributed by atoms with Crippen molar-refractivity contribution in [1.29, 1.82) is 0 Å². The first-order chi connectivity index (χ1) is 7.06. The van der Waals surface area contributed by atoms with Crippen LogP contribution in [0.2, 0.25) is 0 Å². The van der Waals surface area contributed by atoms with Crippen molar-refractivity contribution in [3.8, 4) is 0 Å². The van der Waals surface area contributed by atoms with E-state index in [9.17, 15) is 9.18 Å². The van der Waals surface area contributed by atoms with Crippen molar-refractivity contribution in [2.45, 2.75) is 6.92 Å². The number of hydrogen-bond donors (Lipinski definition) is 2. The lowest BCUT2D eigenvalue weighted by Crippen LogP contribution is -2.02. The van der Waals surface area contributed by atoms with Crippen molar-refractivity contribution in [1.82, 2.24) is 0 Å². The molecular formula is C11H12FNO2. The predicted molar refractivity (Wildman–Crippen MR) is 56.2 cm³/mol. The van der Waals surface area contributed by atoms with E-state index in [4.69, 9.17) is 10.8 Å². The summed E-state index contributed by atoms with van der Waals surface area (Å²) in [5, 5.41) is 8.72. The molecule has 3 nitrogen and oxygen atoms in total. The molecule has 3 N–H and O–H groups in total. The molecule has 1 aromatic carbocycles. The fourth-order valence-corrected chi connectivity index (χ4v) is 1.23. The molecule has 0 aromatic heterocycles. The van der Waals surface area contributed by atoms with Crippen molar-refractivity contribution >= 4 is 12.0 Å². The first kappa shape index (κ1) is 11.4. The Labute approximate surface area is 87.0 Å². The van der Waals surface area contributed by atoms with Gasteiger partial charge in [-0.15, -0.1) is 0 Å². The van der Waals surface area contributed by atoms with Gasteiger partial charge in [-0.05, 0) is 30.2 Å². The molecule has 0 aliphatic heterocycles. The van der Waals surface area contributed by atoms with Gasteiger partial charge in [0.05, 0.1) is 5.56 Å². The highest BCUT2D eigenvalue weighted by molar-refractivity contribution is 5.89. The number of carbonyl (C=O) groups is 1. The number of aryl methyl sites for hydroxylation is 1. The van der Waals surface area contributed by atoms with E-state index in [-0.39, 0.29) is 5.56 Å². The van der Waals surface area contributed by atoms with Crippen LogP contribution >= 0.6 is 0 Å². The number of halogens is 1. The lowest BCUT2D eigenvalue weighted by atomic mass is 10.0. The van der Waals surface area contributed by atoms with Gasteiger partial charge < -0.3 is 10.8 Å². The number of carboxylic acid groups (broad SMARTS) is 1. The monoisotopic (exact) mass is 209 g/mol. The zero-order valence-electron chi connectivity index (χ0n) is 8.33. The van der Waals surface area contributed by atoms with Crippen LogP contribution in [0.3, 0.4) is 0 Å². The van der Waals surface area contributed by atoms with Gasteiger partial charge in [0, 0.05) is 6.54 Å². The average molecular weight is 209 g/mol. The fourth-order valence-electron chi connectivity index (χ4n) is 1.23. The summed E-state index contributed by atoms with van der Waals surface area (Å²) in [7, 11) is 0. The summed E-state index contributed by atoms with van der Waals surface area (Å²) in [5.74, 6) is -1.99. The molecule has 0 saturated heterocycles. The van der Waals surface area contributed by atoms with Gasteiger partial charge in [-0.1, -0.05) is 12.2 Å². The van der Waals surface area contributed by atoms with Crippen LogP contribution in [0.5, 0.6) is 0 Å². The fraction of sp³-hybridized carbons (Fsp3) is 0.182. The first-order valence-corrected chi connectivity index (χ1v) is 4.46. The Morgan fingerprint density at radius 2 is 2.27 bits per heavy atom. The third kappa shape index (κ3) is 2.63. The van der Waals surface area contributed by atoms with Crippen LogP contribution in [0, 0.1) is 12.7 Å². The molecule has 15 heavy (non-hydrogen) atoms. The summed E-state index contributed by atoms with van der Waals surface area (Å²) in [5.41, 5.74) is 6.30. The Bertz CT molecular complexity index is 413. The van der Waals surface area contributed by atoms with Gasteiger partial charge in [0.25, 0.3) is 0 Å². The molecule has 0 bridgehead atoms.